The van der Waals surface area contributed by atoms with Crippen LogP contribution >= 0.6 is 15.9 Å². The zero-order valence-electron chi connectivity index (χ0n) is 13.5. The molecule has 1 heterocycles. The van der Waals surface area contributed by atoms with Gasteiger partial charge < -0.3 is 14.2 Å². The third kappa shape index (κ3) is 4.47. The number of non-ortho nitro benzene ring substituents is 1. The predicted molar refractivity (Wildman–Crippen MR) is 96.4 cm³/mol. The lowest BCUT2D eigenvalue weighted by Crippen LogP contribution is -2.14. The lowest BCUT2D eigenvalue weighted by Gasteiger charge is -2.20. The SMILES string of the molecule is O=C(/C=C/c1cccc(Br)c1)OCc1cc([N+](=O)[O-])cc2c1OCOC2. The highest BCUT2D eigenvalue weighted by Crippen LogP contribution is 2.33. The monoisotopic (exact) mass is 419 g/mol. The summed E-state index contributed by atoms with van der Waals surface area (Å²) >= 11 is 3.35. The molecule has 0 radical (unpaired) electrons. The van der Waals surface area contributed by atoms with Crippen LogP contribution in [0.4, 0.5) is 5.69 Å². The molecule has 0 aromatic heterocycles. The highest BCUT2D eigenvalue weighted by molar-refractivity contribution is 9.10. The average Bonchev–Trinajstić information content (AvgIpc) is 2.64. The van der Waals surface area contributed by atoms with Gasteiger partial charge in [0, 0.05) is 33.8 Å². The third-order valence-corrected chi connectivity index (χ3v) is 4.11. The van der Waals surface area contributed by atoms with Gasteiger partial charge in [0.2, 0.25) is 0 Å². The second kappa shape index (κ2) is 8.11. The molecule has 1 aliphatic heterocycles. The van der Waals surface area contributed by atoms with Crippen LogP contribution in [-0.4, -0.2) is 17.7 Å². The Bertz CT molecular complexity index is 880. The van der Waals surface area contributed by atoms with Crippen molar-refractivity contribution in [3.05, 3.63) is 73.8 Å². The molecule has 0 bridgehead atoms. The quantitative estimate of drug-likeness (QED) is 0.315. The van der Waals surface area contributed by atoms with E-state index in [9.17, 15) is 14.9 Å². The molecule has 1 aliphatic rings. The number of ether oxygens (including phenoxy) is 3. The molecule has 0 N–H and O–H groups in total. The van der Waals surface area contributed by atoms with Crippen LogP contribution in [0, 0.1) is 10.1 Å². The maximum Gasteiger partial charge on any atom is 0.331 e. The van der Waals surface area contributed by atoms with Crippen molar-refractivity contribution in [1.82, 2.24) is 0 Å². The van der Waals surface area contributed by atoms with Crippen LogP contribution in [0.2, 0.25) is 0 Å². The van der Waals surface area contributed by atoms with Crippen molar-refractivity contribution in [1.29, 1.82) is 0 Å². The van der Waals surface area contributed by atoms with Gasteiger partial charge in [-0.3, -0.25) is 10.1 Å². The molecule has 0 spiro atoms. The average molecular weight is 420 g/mol. The first-order valence-electron chi connectivity index (χ1n) is 7.64. The second-order valence-electron chi connectivity index (χ2n) is 5.46. The summed E-state index contributed by atoms with van der Waals surface area (Å²) in [6.07, 6.45) is 2.93. The Morgan fingerprint density at radius 3 is 2.96 bits per heavy atom. The molecule has 26 heavy (non-hydrogen) atoms. The van der Waals surface area contributed by atoms with Crippen molar-refractivity contribution >= 4 is 33.7 Å². The van der Waals surface area contributed by atoms with Crippen molar-refractivity contribution in [2.24, 2.45) is 0 Å². The van der Waals surface area contributed by atoms with E-state index in [0.29, 0.717) is 16.9 Å². The fraction of sp³-hybridized carbons (Fsp3) is 0.167. The number of hydrogen-bond acceptors (Lipinski definition) is 6. The summed E-state index contributed by atoms with van der Waals surface area (Å²) in [5, 5.41) is 11.1. The Labute approximate surface area is 157 Å². The van der Waals surface area contributed by atoms with Crippen molar-refractivity contribution in [3.8, 4) is 5.75 Å². The van der Waals surface area contributed by atoms with Gasteiger partial charge in [-0.05, 0) is 23.8 Å². The fourth-order valence-electron chi connectivity index (χ4n) is 2.46. The summed E-state index contributed by atoms with van der Waals surface area (Å²) in [5.41, 5.74) is 1.72. The van der Waals surface area contributed by atoms with Gasteiger partial charge in [-0.1, -0.05) is 28.1 Å². The Kier molecular flexibility index (Phi) is 5.65. The number of halogens is 1. The molecule has 2 aromatic rings. The minimum atomic E-state index is -0.558. The molecule has 0 unspecified atom stereocenters. The standard InChI is InChI=1S/C18H14BrNO6/c19-15-3-1-2-12(6-15)4-5-17(21)25-10-14-8-16(20(22)23)7-13-9-24-11-26-18(13)14/h1-8H,9-11H2/b5-4+. The van der Waals surface area contributed by atoms with E-state index in [1.165, 1.54) is 18.2 Å². The number of nitro benzene ring substituents is 1. The number of carbonyl (C=O) groups is 1. The smallest absolute Gasteiger partial charge is 0.331 e. The summed E-state index contributed by atoms with van der Waals surface area (Å²) in [5.74, 6) is -0.0945. The number of fused-ring (bicyclic) bond motifs is 1. The van der Waals surface area contributed by atoms with Crippen molar-refractivity contribution in [2.75, 3.05) is 6.79 Å². The van der Waals surface area contributed by atoms with Crippen LogP contribution < -0.4 is 4.74 Å². The second-order valence-corrected chi connectivity index (χ2v) is 6.37. The molecule has 0 saturated heterocycles. The molecule has 0 aliphatic carbocycles. The number of benzene rings is 2. The van der Waals surface area contributed by atoms with Gasteiger partial charge in [0.1, 0.15) is 12.4 Å². The molecule has 8 heteroatoms. The van der Waals surface area contributed by atoms with E-state index < -0.39 is 10.9 Å². The normalized spacial score (nSPS) is 13.1. The van der Waals surface area contributed by atoms with Crippen molar-refractivity contribution < 1.29 is 23.9 Å². The highest BCUT2D eigenvalue weighted by Gasteiger charge is 2.21. The number of esters is 1. The van der Waals surface area contributed by atoms with Gasteiger partial charge >= 0.3 is 5.97 Å². The van der Waals surface area contributed by atoms with Gasteiger partial charge in [0.05, 0.1) is 11.5 Å². The Balaban J connectivity index is 1.71. The van der Waals surface area contributed by atoms with Gasteiger partial charge in [0.15, 0.2) is 6.79 Å². The first kappa shape index (κ1) is 18.1. The van der Waals surface area contributed by atoms with E-state index in [2.05, 4.69) is 15.9 Å². The Hall–Kier alpha value is -2.71. The van der Waals surface area contributed by atoms with Crippen LogP contribution in [0.15, 0.2) is 46.9 Å². The van der Waals surface area contributed by atoms with E-state index >= 15 is 0 Å². The molecule has 0 atom stereocenters. The molecule has 0 fully saturated rings. The van der Waals surface area contributed by atoms with E-state index in [-0.39, 0.29) is 25.7 Å². The van der Waals surface area contributed by atoms with E-state index in [4.69, 9.17) is 14.2 Å². The molecule has 2 aromatic carbocycles. The van der Waals surface area contributed by atoms with Crippen LogP contribution in [0.3, 0.4) is 0 Å². The summed E-state index contributed by atoms with van der Waals surface area (Å²) in [6.45, 7) is 0.126. The number of rotatable bonds is 5. The van der Waals surface area contributed by atoms with E-state index in [0.717, 1.165) is 10.0 Å². The van der Waals surface area contributed by atoms with E-state index in [1.54, 1.807) is 6.08 Å². The summed E-state index contributed by atoms with van der Waals surface area (Å²) < 4.78 is 16.6. The van der Waals surface area contributed by atoms with Crippen LogP contribution in [0.1, 0.15) is 16.7 Å². The zero-order chi connectivity index (χ0) is 18.5. The van der Waals surface area contributed by atoms with Crippen LogP contribution in [0.5, 0.6) is 5.75 Å². The summed E-state index contributed by atoms with van der Waals surface area (Å²) in [7, 11) is 0. The predicted octanol–water partition coefficient (Wildman–Crippen LogP) is 3.98. The number of nitrogens with zero attached hydrogens (tertiary/aromatic N) is 1. The Morgan fingerprint density at radius 2 is 2.19 bits per heavy atom. The van der Waals surface area contributed by atoms with Crippen molar-refractivity contribution in [3.63, 3.8) is 0 Å². The topological polar surface area (TPSA) is 87.9 Å². The fourth-order valence-corrected chi connectivity index (χ4v) is 2.88. The van der Waals surface area contributed by atoms with Gasteiger partial charge in [-0.25, -0.2) is 4.79 Å². The first-order valence-corrected chi connectivity index (χ1v) is 8.43. The molecule has 0 saturated carbocycles. The third-order valence-electron chi connectivity index (χ3n) is 3.61. The largest absolute Gasteiger partial charge is 0.467 e. The highest BCUT2D eigenvalue weighted by atomic mass is 79.9. The number of carbonyl (C=O) groups excluding carboxylic acids is 1. The summed E-state index contributed by atoms with van der Waals surface area (Å²) in [6, 6.07) is 10.2. The Morgan fingerprint density at radius 1 is 1.35 bits per heavy atom. The maximum atomic E-state index is 11.9. The molecule has 7 nitrogen and oxygen atoms in total. The lowest BCUT2D eigenvalue weighted by molar-refractivity contribution is -0.385. The number of hydrogen-bond donors (Lipinski definition) is 0. The molecule has 3 rings (SSSR count). The van der Waals surface area contributed by atoms with Crippen LogP contribution in [0.25, 0.3) is 6.08 Å². The number of nitro groups is 1. The lowest BCUT2D eigenvalue weighted by atomic mass is 10.1. The van der Waals surface area contributed by atoms with Gasteiger partial charge in [-0.15, -0.1) is 0 Å². The molecular weight excluding hydrogens is 406 g/mol. The minimum Gasteiger partial charge on any atom is -0.467 e. The van der Waals surface area contributed by atoms with Crippen LogP contribution in [-0.2, 0) is 27.5 Å². The molecule has 0 amide bonds. The minimum absolute atomic E-state index is 0.0501. The van der Waals surface area contributed by atoms with E-state index in [1.807, 2.05) is 24.3 Å². The van der Waals surface area contributed by atoms with Gasteiger partial charge in [-0.2, -0.15) is 0 Å². The maximum absolute atomic E-state index is 11.9. The zero-order valence-corrected chi connectivity index (χ0v) is 15.1. The summed E-state index contributed by atoms with van der Waals surface area (Å²) in [4.78, 5) is 22.5. The van der Waals surface area contributed by atoms with Gasteiger partial charge in [0.25, 0.3) is 5.69 Å². The first-order chi connectivity index (χ1) is 12.5. The molecule has 134 valence electrons. The van der Waals surface area contributed by atoms with Crippen molar-refractivity contribution in [2.45, 2.75) is 13.2 Å². The molecular formula is C18H14BrNO6.